The lowest BCUT2D eigenvalue weighted by Gasteiger charge is -2.18. The Morgan fingerprint density at radius 2 is 0.481 bits per heavy atom. The van der Waals surface area contributed by atoms with Crippen LogP contribution in [-0.4, -0.2) is 124 Å². The maximum absolute atomic E-state index is 5.57. The molecule has 0 bridgehead atoms. The molecule has 1 unspecified atom stereocenters. The van der Waals surface area contributed by atoms with Crippen molar-refractivity contribution in [1.82, 2.24) is 31.9 Å². The second-order valence-corrected chi connectivity index (χ2v) is 13.9. The van der Waals surface area contributed by atoms with Crippen molar-refractivity contribution in [3.63, 3.8) is 0 Å². The van der Waals surface area contributed by atoms with Gasteiger partial charge >= 0.3 is 0 Å². The van der Waals surface area contributed by atoms with E-state index in [0.29, 0.717) is 0 Å². The van der Waals surface area contributed by atoms with Crippen LogP contribution in [0.3, 0.4) is 0 Å². The molecule has 0 saturated carbocycles. The SMILES string of the molecule is NCCCCCCCC(CCCCNCCCN)CNCCCN.NCCCNCCCCCNCCCN.NCCCNCCCNCCCN. The standard InChI is InChI=1S/C19H45N5.C11H28N4.C9H24N4/c20-12-6-3-1-2-4-10-19(18-24-17-9-14-22)11-5-7-15-23-16-8-13-21;12-6-4-10-14-8-2-1-3-9-15-11-5-7-13;10-4-1-6-12-8-3-9-13-7-2-5-11/h19,23-24H,1-18,20-22H2;14-15H,1-13H2;12-13H,1-11H2. The Morgan fingerprint density at radius 1 is 0.231 bits per heavy atom. The highest BCUT2D eigenvalue weighted by Crippen LogP contribution is 2.17. The zero-order valence-corrected chi connectivity index (χ0v) is 34.5. The molecule has 0 rings (SSSR count). The molecular weight excluding hydrogens is 651 g/mol. The van der Waals surface area contributed by atoms with Crippen LogP contribution in [-0.2, 0) is 0 Å². The minimum Gasteiger partial charge on any atom is -0.330 e. The summed E-state index contributed by atoms with van der Waals surface area (Å²) in [5, 5.41) is 20.5. The number of hydrogen-bond donors (Lipinski definition) is 13. The Hall–Kier alpha value is -0.520. The summed E-state index contributed by atoms with van der Waals surface area (Å²) in [5.41, 5.74) is 38.1. The van der Waals surface area contributed by atoms with Gasteiger partial charge in [-0.05, 0) is 214 Å². The van der Waals surface area contributed by atoms with Crippen LogP contribution in [0.5, 0.6) is 0 Å². The van der Waals surface area contributed by atoms with Crippen molar-refractivity contribution in [2.45, 2.75) is 122 Å². The van der Waals surface area contributed by atoms with Gasteiger partial charge in [-0.25, -0.2) is 0 Å². The molecule has 0 heterocycles. The third-order valence-corrected chi connectivity index (χ3v) is 8.73. The quantitative estimate of drug-likeness (QED) is 0.0393. The van der Waals surface area contributed by atoms with Gasteiger partial charge in [0.05, 0.1) is 0 Å². The van der Waals surface area contributed by atoms with Gasteiger partial charge in [-0.1, -0.05) is 38.5 Å². The van der Waals surface area contributed by atoms with Gasteiger partial charge in [0.1, 0.15) is 0 Å². The smallest absolute Gasteiger partial charge is 0.00205 e. The van der Waals surface area contributed by atoms with Crippen LogP contribution in [0, 0.1) is 5.92 Å². The van der Waals surface area contributed by atoms with Gasteiger partial charge in [0.15, 0.2) is 0 Å². The van der Waals surface area contributed by atoms with E-state index in [2.05, 4.69) is 31.9 Å². The normalized spacial score (nSPS) is 11.6. The van der Waals surface area contributed by atoms with Crippen molar-refractivity contribution < 1.29 is 0 Å². The lowest BCUT2D eigenvalue weighted by atomic mass is 9.94. The van der Waals surface area contributed by atoms with Gasteiger partial charge in [0.2, 0.25) is 0 Å². The van der Waals surface area contributed by atoms with Crippen LogP contribution in [0.2, 0.25) is 0 Å². The van der Waals surface area contributed by atoms with E-state index in [1.165, 1.54) is 83.5 Å². The first kappa shape index (κ1) is 55.8. The predicted molar refractivity (Wildman–Crippen MR) is 232 cm³/mol. The summed E-state index contributed by atoms with van der Waals surface area (Å²) in [5.74, 6) is 0.821. The molecule has 20 N–H and O–H groups in total. The van der Waals surface area contributed by atoms with Crippen LogP contribution in [0.25, 0.3) is 0 Å². The van der Waals surface area contributed by atoms with Crippen molar-refractivity contribution in [3.8, 4) is 0 Å². The second kappa shape index (κ2) is 57.2. The Bertz CT molecular complexity index is 542. The van der Waals surface area contributed by atoms with Gasteiger partial charge in [-0.2, -0.15) is 0 Å². The molecular formula is C39H97N13. The van der Waals surface area contributed by atoms with E-state index in [4.69, 9.17) is 40.1 Å². The number of rotatable bonds is 42. The predicted octanol–water partition coefficient (Wildman–Crippen LogP) is 1.24. The molecule has 1 atom stereocenters. The largest absolute Gasteiger partial charge is 0.330 e. The van der Waals surface area contributed by atoms with Crippen LogP contribution in [0.15, 0.2) is 0 Å². The lowest BCUT2D eigenvalue weighted by Crippen LogP contribution is -2.25. The maximum Gasteiger partial charge on any atom is -0.00205 e. The van der Waals surface area contributed by atoms with Gasteiger partial charge < -0.3 is 72.0 Å². The first-order valence-electron chi connectivity index (χ1n) is 21.8. The van der Waals surface area contributed by atoms with Crippen LogP contribution in [0.1, 0.15) is 122 Å². The Morgan fingerprint density at radius 3 is 0.865 bits per heavy atom. The monoisotopic (exact) mass is 748 g/mol. The first-order valence-corrected chi connectivity index (χ1v) is 21.8. The average Bonchev–Trinajstić information content (AvgIpc) is 3.16. The molecule has 0 amide bonds. The van der Waals surface area contributed by atoms with E-state index in [1.807, 2.05) is 0 Å². The van der Waals surface area contributed by atoms with Crippen LogP contribution in [0.4, 0.5) is 0 Å². The molecule has 0 aromatic heterocycles. The Kier molecular flexibility index (Phi) is 61.4. The van der Waals surface area contributed by atoms with Gasteiger partial charge in [0.25, 0.3) is 0 Å². The van der Waals surface area contributed by atoms with Crippen molar-refractivity contribution >= 4 is 0 Å². The molecule has 0 aliphatic rings. The highest BCUT2D eigenvalue weighted by atomic mass is 14.9. The number of nitrogens with one attached hydrogen (secondary N) is 6. The summed E-state index contributed by atoms with van der Waals surface area (Å²) in [6, 6.07) is 0. The first-order chi connectivity index (χ1) is 25.7. The van der Waals surface area contributed by atoms with Gasteiger partial charge in [-0.3, -0.25) is 0 Å². The summed E-state index contributed by atoms with van der Waals surface area (Å²) in [6.45, 7) is 18.6. The van der Waals surface area contributed by atoms with E-state index in [9.17, 15) is 0 Å². The lowest BCUT2D eigenvalue weighted by molar-refractivity contribution is 0.383. The van der Waals surface area contributed by atoms with Gasteiger partial charge in [-0.15, -0.1) is 0 Å². The Balaban J connectivity index is -0.000000739. The van der Waals surface area contributed by atoms with Crippen molar-refractivity contribution in [1.29, 1.82) is 0 Å². The molecule has 0 spiro atoms. The van der Waals surface area contributed by atoms with Crippen molar-refractivity contribution in [3.05, 3.63) is 0 Å². The average molecular weight is 748 g/mol. The van der Waals surface area contributed by atoms with Crippen LogP contribution < -0.4 is 72.0 Å². The Labute approximate surface area is 323 Å². The van der Waals surface area contributed by atoms with Crippen molar-refractivity contribution in [2.75, 3.05) is 124 Å². The zero-order valence-electron chi connectivity index (χ0n) is 34.5. The minimum atomic E-state index is 0.780. The fourth-order valence-electron chi connectivity index (χ4n) is 5.45. The third-order valence-electron chi connectivity index (χ3n) is 8.73. The molecule has 52 heavy (non-hydrogen) atoms. The molecule has 318 valence electrons. The summed E-state index contributed by atoms with van der Waals surface area (Å²) >= 11 is 0. The van der Waals surface area contributed by atoms with Gasteiger partial charge in [0, 0.05) is 0 Å². The van der Waals surface area contributed by atoms with E-state index >= 15 is 0 Å². The summed E-state index contributed by atoms with van der Waals surface area (Å²) < 4.78 is 0. The minimum absolute atomic E-state index is 0.780. The molecule has 0 fully saturated rings. The molecule has 0 aliphatic carbocycles. The molecule has 0 aromatic carbocycles. The molecule has 0 saturated heterocycles. The highest BCUT2D eigenvalue weighted by Gasteiger charge is 2.08. The fraction of sp³-hybridized carbons (Fsp3) is 1.00. The summed E-state index contributed by atoms with van der Waals surface area (Å²) in [4.78, 5) is 0. The topological polar surface area (TPSA) is 254 Å². The van der Waals surface area contributed by atoms with Crippen LogP contribution >= 0.6 is 0 Å². The maximum atomic E-state index is 5.57. The molecule has 13 heteroatoms. The number of unbranched alkanes of at least 4 members (excludes halogenated alkanes) is 7. The second-order valence-electron chi connectivity index (χ2n) is 13.9. The fourth-order valence-corrected chi connectivity index (χ4v) is 5.45. The summed E-state index contributed by atoms with van der Waals surface area (Å²) in [7, 11) is 0. The molecule has 0 aromatic rings. The van der Waals surface area contributed by atoms with E-state index in [-0.39, 0.29) is 0 Å². The zero-order chi connectivity index (χ0) is 38.7. The van der Waals surface area contributed by atoms with Crippen molar-refractivity contribution in [2.24, 2.45) is 46.1 Å². The highest BCUT2D eigenvalue weighted by molar-refractivity contribution is 4.65. The van der Waals surface area contributed by atoms with E-state index < -0.39 is 0 Å². The number of hydrogen-bond acceptors (Lipinski definition) is 13. The molecule has 0 aliphatic heterocycles. The van der Waals surface area contributed by atoms with E-state index in [0.717, 1.165) is 169 Å². The number of nitrogens with two attached hydrogens (primary N) is 7. The molecule has 0 radical (unpaired) electrons. The van der Waals surface area contributed by atoms with E-state index in [1.54, 1.807) is 0 Å². The third kappa shape index (κ3) is 58.8. The summed E-state index contributed by atoms with van der Waals surface area (Å²) in [6.07, 6.45) is 23.3. The molecule has 13 nitrogen and oxygen atoms in total.